The lowest BCUT2D eigenvalue weighted by atomic mass is 9.95. The molecule has 1 aromatic heterocycles. The molecule has 0 radical (unpaired) electrons. The van der Waals surface area contributed by atoms with Gasteiger partial charge in [-0.05, 0) is 54.3 Å². The second-order valence-electron chi connectivity index (χ2n) is 8.76. The summed E-state index contributed by atoms with van der Waals surface area (Å²) in [7, 11) is 0. The van der Waals surface area contributed by atoms with Gasteiger partial charge in [-0.1, -0.05) is 25.1 Å². The first-order valence-corrected chi connectivity index (χ1v) is 11.9. The van der Waals surface area contributed by atoms with Crippen molar-refractivity contribution in [3.05, 3.63) is 94.4 Å². The summed E-state index contributed by atoms with van der Waals surface area (Å²) in [5, 5.41) is 9.70. The molecular formula is C27H28F3N3O3. The van der Waals surface area contributed by atoms with E-state index in [-0.39, 0.29) is 30.5 Å². The van der Waals surface area contributed by atoms with Gasteiger partial charge in [-0.3, -0.25) is 9.79 Å². The van der Waals surface area contributed by atoms with Crippen LogP contribution < -0.4 is 10.2 Å². The predicted octanol–water partition coefficient (Wildman–Crippen LogP) is 4.62. The van der Waals surface area contributed by atoms with Crippen LogP contribution in [0.3, 0.4) is 0 Å². The van der Waals surface area contributed by atoms with Crippen LogP contribution in [0.4, 0.5) is 13.2 Å². The number of hydrogen-bond acceptors (Lipinski definition) is 4. The first-order valence-electron chi connectivity index (χ1n) is 11.9. The van der Waals surface area contributed by atoms with Crippen LogP contribution in [0.2, 0.25) is 0 Å². The first kappa shape index (κ1) is 25.3. The highest BCUT2D eigenvalue weighted by atomic mass is 19.2. The van der Waals surface area contributed by atoms with Crippen molar-refractivity contribution >= 4 is 5.91 Å². The third-order valence-corrected chi connectivity index (χ3v) is 6.30. The van der Waals surface area contributed by atoms with Gasteiger partial charge in [0.25, 0.3) is 0 Å². The molecule has 2 heterocycles. The molecule has 36 heavy (non-hydrogen) atoms. The van der Waals surface area contributed by atoms with E-state index >= 15 is 0 Å². The zero-order chi connectivity index (χ0) is 25.7. The molecule has 0 saturated heterocycles. The number of rotatable bonds is 8. The number of ether oxygens (including phenoxy) is 1. The van der Waals surface area contributed by atoms with Crippen molar-refractivity contribution in [2.75, 3.05) is 13.2 Å². The van der Waals surface area contributed by atoms with Crippen LogP contribution in [0.1, 0.15) is 36.5 Å². The summed E-state index contributed by atoms with van der Waals surface area (Å²) in [4.78, 5) is 19.0. The summed E-state index contributed by atoms with van der Waals surface area (Å²) in [5.41, 5.74) is 2.26. The molecule has 0 saturated carbocycles. The lowest BCUT2D eigenvalue weighted by Gasteiger charge is -2.24. The Balaban J connectivity index is 1.46. The van der Waals surface area contributed by atoms with Crippen molar-refractivity contribution in [2.24, 2.45) is 10.9 Å². The topological polar surface area (TPSA) is 67.1 Å². The molecule has 1 amide bonds. The van der Waals surface area contributed by atoms with E-state index in [9.17, 15) is 23.2 Å². The maximum absolute atomic E-state index is 14.3. The quantitative estimate of drug-likeness (QED) is 0.279. The van der Waals surface area contributed by atoms with Crippen LogP contribution >= 0.6 is 0 Å². The van der Waals surface area contributed by atoms with Gasteiger partial charge in [-0.2, -0.15) is 4.73 Å². The number of nitrogens with zero attached hydrogens (tertiary/aromatic N) is 3. The molecule has 190 valence electrons. The Hall–Kier alpha value is -3.75. The van der Waals surface area contributed by atoms with E-state index in [1.165, 1.54) is 17.2 Å². The Morgan fingerprint density at radius 3 is 2.69 bits per heavy atom. The number of fused-ring (bicyclic) bond motifs is 1. The van der Waals surface area contributed by atoms with Crippen molar-refractivity contribution < 1.29 is 27.9 Å². The number of pyridine rings is 1. The summed E-state index contributed by atoms with van der Waals surface area (Å²) in [5.74, 6) is -3.88. The van der Waals surface area contributed by atoms with Crippen LogP contribution in [-0.4, -0.2) is 33.9 Å². The molecule has 0 spiro atoms. The minimum Gasteiger partial charge on any atom is -0.494 e. The molecule has 0 unspecified atom stereocenters. The molecule has 1 atom stereocenters. The van der Waals surface area contributed by atoms with Gasteiger partial charge in [0.05, 0.1) is 6.61 Å². The Morgan fingerprint density at radius 2 is 1.92 bits per heavy atom. The van der Waals surface area contributed by atoms with E-state index in [4.69, 9.17) is 4.74 Å². The number of halogens is 3. The van der Waals surface area contributed by atoms with E-state index in [0.717, 1.165) is 21.9 Å². The summed E-state index contributed by atoms with van der Waals surface area (Å²) >= 11 is 0. The van der Waals surface area contributed by atoms with Gasteiger partial charge < -0.3 is 14.8 Å². The molecule has 6 nitrogen and oxygen atoms in total. The summed E-state index contributed by atoms with van der Waals surface area (Å²) in [6.07, 6.45) is 3.28. The number of hydrogen-bond donors (Lipinski definition) is 1. The molecule has 0 bridgehead atoms. The Bertz CT molecular complexity index is 1310. The second-order valence-corrected chi connectivity index (χ2v) is 8.76. The fraction of sp³-hybridized carbons (Fsp3) is 0.333. The van der Waals surface area contributed by atoms with E-state index in [0.29, 0.717) is 43.7 Å². The SMILES string of the molecule is CC[C@@H]1Cc2ccc(OCCCN=c3ccccn3O)cc2CN(Cc2ccc(F)c(F)c2F)C1=O. The smallest absolute Gasteiger partial charge is 0.226 e. The van der Waals surface area contributed by atoms with Gasteiger partial charge in [0.15, 0.2) is 22.9 Å². The average Bonchev–Trinajstić information content (AvgIpc) is 3.01. The Morgan fingerprint density at radius 1 is 1.08 bits per heavy atom. The second kappa shape index (κ2) is 11.3. The van der Waals surface area contributed by atoms with Crippen LogP contribution in [0, 0.1) is 23.4 Å². The zero-order valence-corrected chi connectivity index (χ0v) is 20.0. The largest absolute Gasteiger partial charge is 0.494 e. The number of amides is 1. The van der Waals surface area contributed by atoms with Crippen LogP contribution in [-0.2, 0) is 24.3 Å². The molecule has 9 heteroatoms. The highest BCUT2D eigenvalue weighted by Gasteiger charge is 2.29. The number of carbonyl (C=O) groups is 1. The van der Waals surface area contributed by atoms with Crippen molar-refractivity contribution in [1.82, 2.24) is 9.63 Å². The van der Waals surface area contributed by atoms with Gasteiger partial charge in [0, 0.05) is 43.7 Å². The summed E-state index contributed by atoms with van der Waals surface area (Å²) in [6, 6.07) is 12.9. The maximum Gasteiger partial charge on any atom is 0.226 e. The zero-order valence-electron chi connectivity index (χ0n) is 20.0. The molecule has 1 aliphatic heterocycles. The first-order chi connectivity index (χ1) is 17.4. The van der Waals surface area contributed by atoms with Crippen molar-refractivity contribution in [1.29, 1.82) is 0 Å². The third kappa shape index (κ3) is 5.72. The van der Waals surface area contributed by atoms with E-state index in [1.54, 1.807) is 18.2 Å². The average molecular weight is 500 g/mol. The molecule has 2 aromatic carbocycles. The third-order valence-electron chi connectivity index (χ3n) is 6.30. The Labute approximate surface area is 207 Å². The Kier molecular flexibility index (Phi) is 7.97. The molecular weight excluding hydrogens is 471 g/mol. The number of aromatic nitrogens is 1. The van der Waals surface area contributed by atoms with Crippen LogP contribution in [0.5, 0.6) is 5.75 Å². The summed E-state index contributed by atoms with van der Waals surface area (Å²) < 4.78 is 48.3. The van der Waals surface area contributed by atoms with Gasteiger partial charge in [-0.25, -0.2) is 13.2 Å². The minimum absolute atomic E-state index is 0.0701. The molecule has 0 aliphatic carbocycles. The van der Waals surface area contributed by atoms with Gasteiger partial charge in [0.1, 0.15) is 5.75 Å². The minimum atomic E-state index is -1.54. The number of benzene rings is 2. The van der Waals surface area contributed by atoms with Crippen molar-refractivity contribution in [3.63, 3.8) is 0 Å². The van der Waals surface area contributed by atoms with Gasteiger partial charge >= 0.3 is 0 Å². The molecule has 4 rings (SSSR count). The standard InChI is InChI=1S/C27H28F3N3O3/c1-2-18-14-19-7-9-22(36-13-5-11-31-24-6-3-4-12-33(24)35)15-21(19)17-32(27(18)34)16-20-8-10-23(28)26(30)25(20)29/h3-4,6-10,12,15,18,35H,2,5,11,13-14,16-17H2,1H3/t18-/m1/s1. The number of carbonyl (C=O) groups excluding carboxylic acids is 1. The highest BCUT2D eigenvalue weighted by molar-refractivity contribution is 5.80. The molecule has 0 fully saturated rings. The lowest BCUT2D eigenvalue weighted by molar-refractivity contribution is -0.136. The molecule has 3 aromatic rings. The van der Waals surface area contributed by atoms with E-state index in [2.05, 4.69) is 4.99 Å². The summed E-state index contributed by atoms with van der Waals surface area (Å²) in [6.45, 7) is 2.84. The van der Waals surface area contributed by atoms with Crippen molar-refractivity contribution in [2.45, 2.75) is 39.3 Å². The normalized spacial score (nSPS) is 16.1. The van der Waals surface area contributed by atoms with Crippen LogP contribution in [0.15, 0.2) is 59.7 Å². The monoisotopic (exact) mass is 499 g/mol. The predicted molar refractivity (Wildman–Crippen MR) is 127 cm³/mol. The van der Waals surface area contributed by atoms with Gasteiger partial charge in [0.2, 0.25) is 5.91 Å². The maximum atomic E-state index is 14.3. The van der Waals surface area contributed by atoms with E-state index < -0.39 is 17.5 Å². The molecule has 1 aliphatic rings. The van der Waals surface area contributed by atoms with Crippen molar-refractivity contribution in [3.8, 4) is 5.75 Å². The van der Waals surface area contributed by atoms with Gasteiger partial charge in [-0.15, -0.1) is 0 Å². The van der Waals surface area contributed by atoms with Crippen LogP contribution in [0.25, 0.3) is 0 Å². The van der Waals surface area contributed by atoms with E-state index in [1.807, 2.05) is 25.1 Å². The fourth-order valence-corrected chi connectivity index (χ4v) is 4.28. The fourth-order valence-electron chi connectivity index (χ4n) is 4.28. The highest BCUT2D eigenvalue weighted by Crippen LogP contribution is 2.29. The lowest BCUT2D eigenvalue weighted by Crippen LogP contribution is -2.34. The molecule has 1 N–H and O–H groups in total.